The number of hydrogen-bond donors (Lipinski definition) is 2. The van der Waals surface area contributed by atoms with Crippen LogP contribution in [0, 0.1) is 5.82 Å². The second-order valence-corrected chi connectivity index (χ2v) is 7.56. The molecular weight excluding hydrogens is 403 g/mol. The van der Waals surface area contributed by atoms with E-state index >= 15 is 0 Å². The molecule has 2 aromatic rings. The van der Waals surface area contributed by atoms with Crippen molar-refractivity contribution in [1.82, 2.24) is 0 Å². The molecule has 0 fully saturated rings. The smallest absolute Gasteiger partial charge is 0.412 e. The molecule has 0 radical (unpaired) electrons. The molecule has 2 amide bonds. The number of carbonyl (C=O) groups is 2. The van der Waals surface area contributed by atoms with E-state index in [4.69, 9.17) is 14.2 Å². The number of nitrogens with one attached hydrogen (secondary N) is 2. The molecule has 0 saturated heterocycles. The fraction of sp³-hybridized carbons (Fsp3) is 0.304. The lowest BCUT2D eigenvalue weighted by molar-refractivity contribution is -0.118. The van der Waals surface area contributed by atoms with E-state index in [2.05, 4.69) is 10.6 Å². The van der Waals surface area contributed by atoms with E-state index in [0.717, 1.165) is 17.7 Å². The molecule has 8 heteroatoms. The van der Waals surface area contributed by atoms with Crippen molar-refractivity contribution >= 4 is 29.5 Å². The predicted molar refractivity (Wildman–Crippen MR) is 118 cm³/mol. The monoisotopic (exact) mass is 430 g/mol. The lowest BCUT2D eigenvalue weighted by Crippen LogP contribution is -2.28. The topological polar surface area (TPSA) is 85.9 Å². The minimum absolute atomic E-state index is 0.0786. The maximum Gasteiger partial charge on any atom is 0.412 e. The molecule has 166 valence electrons. The van der Waals surface area contributed by atoms with Gasteiger partial charge in [0.2, 0.25) is 0 Å². The van der Waals surface area contributed by atoms with Gasteiger partial charge in [0.15, 0.2) is 18.1 Å². The van der Waals surface area contributed by atoms with Crippen LogP contribution in [-0.2, 0) is 9.53 Å². The highest BCUT2D eigenvalue weighted by atomic mass is 19.1. The molecule has 0 bridgehead atoms. The molecule has 0 heterocycles. The lowest BCUT2D eigenvalue weighted by Gasteiger charge is -2.20. The van der Waals surface area contributed by atoms with Gasteiger partial charge in [-0.15, -0.1) is 0 Å². The van der Waals surface area contributed by atoms with E-state index < -0.39 is 23.4 Å². The Balaban J connectivity index is 2.07. The number of rotatable bonds is 7. The van der Waals surface area contributed by atoms with Crippen molar-refractivity contribution in [1.29, 1.82) is 0 Å². The average Bonchev–Trinajstić information content (AvgIpc) is 2.67. The highest BCUT2D eigenvalue weighted by Crippen LogP contribution is 2.29. The zero-order valence-electron chi connectivity index (χ0n) is 18.2. The highest BCUT2D eigenvalue weighted by Gasteiger charge is 2.18. The van der Waals surface area contributed by atoms with E-state index in [1.54, 1.807) is 32.9 Å². The van der Waals surface area contributed by atoms with Crippen LogP contribution in [0.1, 0.15) is 33.3 Å². The Bertz CT molecular complexity index is 967. The zero-order valence-corrected chi connectivity index (χ0v) is 18.2. The summed E-state index contributed by atoms with van der Waals surface area (Å²) in [4.78, 5) is 24.4. The molecule has 2 rings (SSSR count). The summed E-state index contributed by atoms with van der Waals surface area (Å²) in [5, 5.41) is 5.03. The maximum absolute atomic E-state index is 13.7. The molecule has 0 spiro atoms. The molecule has 0 saturated carbocycles. The van der Waals surface area contributed by atoms with Gasteiger partial charge in [-0.2, -0.15) is 0 Å². The van der Waals surface area contributed by atoms with Gasteiger partial charge in [0, 0.05) is 0 Å². The van der Waals surface area contributed by atoms with Gasteiger partial charge in [0.1, 0.15) is 11.4 Å². The van der Waals surface area contributed by atoms with Crippen LogP contribution in [0.3, 0.4) is 0 Å². The molecule has 7 nitrogen and oxygen atoms in total. The summed E-state index contributed by atoms with van der Waals surface area (Å²) in [7, 11) is 1.50. The van der Waals surface area contributed by atoms with Gasteiger partial charge in [-0.25, -0.2) is 9.18 Å². The SMILES string of the molecule is C/C=C/c1ccc(OCC(=O)Nc2cc(F)ccc2NC(=O)OC(C)(C)C)c(OC)c1. The van der Waals surface area contributed by atoms with Crippen molar-refractivity contribution in [2.24, 2.45) is 0 Å². The first kappa shape index (κ1) is 23.7. The first-order valence-electron chi connectivity index (χ1n) is 9.64. The van der Waals surface area contributed by atoms with Gasteiger partial charge in [0.25, 0.3) is 5.91 Å². The second kappa shape index (κ2) is 10.5. The summed E-state index contributed by atoms with van der Waals surface area (Å²) in [6.07, 6.45) is 3.07. The van der Waals surface area contributed by atoms with Gasteiger partial charge in [-0.1, -0.05) is 18.2 Å². The van der Waals surface area contributed by atoms with Crippen molar-refractivity contribution in [2.75, 3.05) is 24.4 Å². The predicted octanol–water partition coefficient (Wildman–Crippen LogP) is 5.23. The Hall–Kier alpha value is -3.55. The summed E-state index contributed by atoms with van der Waals surface area (Å²) in [6.45, 7) is 6.71. The van der Waals surface area contributed by atoms with E-state index in [1.807, 2.05) is 25.1 Å². The summed E-state index contributed by atoms with van der Waals surface area (Å²) in [5.74, 6) is -0.261. The van der Waals surface area contributed by atoms with Crippen LogP contribution < -0.4 is 20.1 Å². The molecule has 31 heavy (non-hydrogen) atoms. The van der Waals surface area contributed by atoms with Gasteiger partial charge in [-0.05, 0) is 63.6 Å². The van der Waals surface area contributed by atoms with Crippen LogP contribution in [0.25, 0.3) is 6.08 Å². The summed E-state index contributed by atoms with van der Waals surface area (Å²) in [6, 6.07) is 8.89. The lowest BCUT2D eigenvalue weighted by atomic mass is 10.2. The molecule has 0 aromatic heterocycles. The Kier molecular flexibility index (Phi) is 8.01. The third-order valence-electron chi connectivity index (χ3n) is 3.80. The zero-order chi connectivity index (χ0) is 23.0. The van der Waals surface area contributed by atoms with Crippen LogP contribution in [0.2, 0.25) is 0 Å². The van der Waals surface area contributed by atoms with E-state index in [0.29, 0.717) is 11.5 Å². The number of hydrogen-bond acceptors (Lipinski definition) is 5. The number of allylic oxidation sites excluding steroid dienone is 1. The van der Waals surface area contributed by atoms with Gasteiger partial charge in [0.05, 0.1) is 18.5 Å². The second-order valence-electron chi connectivity index (χ2n) is 7.56. The minimum Gasteiger partial charge on any atom is -0.493 e. The average molecular weight is 430 g/mol. The summed E-state index contributed by atoms with van der Waals surface area (Å²) < 4.78 is 29.7. The molecule has 0 atom stereocenters. The Morgan fingerprint density at radius 1 is 1.03 bits per heavy atom. The van der Waals surface area contributed by atoms with Crippen LogP contribution >= 0.6 is 0 Å². The third-order valence-corrected chi connectivity index (χ3v) is 3.80. The van der Waals surface area contributed by atoms with Crippen molar-refractivity contribution in [3.8, 4) is 11.5 Å². The quantitative estimate of drug-likeness (QED) is 0.628. The number of benzene rings is 2. The first-order chi connectivity index (χ1) is 14.6. The normalized spacial score (nSPS) is 11.2. The van der Waals surface area contributed by atoms with Crippen molar-refractivity contribution in [2.45, 2.75) is 33.3 Å². The number of amides is 2. The number of anilines is 2. The third kappa shape index (κ3) is 7.65. The van der Waals surface area contributed by atoms with Crippen molar-refractivity contribution in [3.05, 3.63) is 53.9 Å². The van der Waals surface area contributed by atoms with Crippen molar-refractivity contribution in [3.63, 3.8) is 0 Å². The summed E-state index contributed by atoms with van der Waals surface area (Å²) >= 11 is 0. The Morgan fingerprint density at radius 2 is 1.77 bits per heavy atom. The van der Waals surface area contributed by atoms with E-state index in [9.17, 15) is 14.0 Å². The van der Waals surface area contributed by atoms with Crippen LogP contribution in [0.5, 0.6) is 11.5 Å². The van der Waals surface area contributed by atoms with Crippen LogP contribution in [0.15, 0.2) is 42.5 Å². The first-order valence-corrected chi connectivity index (χ1v) is 9.64. The van der Waals surface area contributed by atoms with E-state index in [1.165, 1.54) is 13.2 Å². The molecule has 0 aliphatic rings. The number of carbonyl (C=O) groups excluding carboxylic acids is 2. The van der Waals surface area contributed by atoms with Gasteiger partial charge in [-0.3, -0.25) is 10.1 Å². The fourth-order valence-corrected chi connectivity index (χ4v) is 2.57. The minimum atomic E-state index is -0.725. The molecule has 0 aliphatic heterocycles. The van der Waals surface area contributed by atoms with Gasteiger partial charge < -0.3 is 19.5 Å². The van der Waals surface area contributed by atoms with E-state index in [-0.39, 0.29) is 18.0 Å². The van der Waals surface area contributed by atoms with Crippen LogP contribution in [-0.4, -0.2) is 31.3 Å². The number of halogens is 1. The highest BCUT2D eigenvalue weighted by molar-refractivity contribution is 5.98. The number of ether oxygens (including phenoxy) is 3. The molecule has 2 N–H and O–H groups in total. The molecular formula is C23H27FN2O5. The molecule has 0 unspecified atom stereocenters. The van der Waals surface area contributed by atoms with Crippen LogP contribution in [0.4, 0.5) is 20.6 Å². The number of methoxy groups -OCH3 is 1. The molecule has 0 aliphatic carbocycles. The Morgan fingerprint density at radius 3 is 2.42 bits per heavy atom. The Labute approximate surface area is 181 Å². The van der Waals surface area contributed by atoms with Gasteiger partial charge >= 0.3 is 6.09 Å². The standard InChI is InChI=1S/C23H27FN2O5/c1-6-7-15-8-11-19(20(12-15)29-5)30-14-21(27)25-18-13-16(24)9-10-17(18)26-22(28)31-23(2,3)4/h6-13H,14H2,1-5H3,(H,25,27)(H,26,28)/b7-6+. The maximum atomic E-state index is 13.7. The largest absolute Gasteiger partial charge is 0.493 e. The van der Waals surface area contributed by atoms with Crippen molar-refractivity contribution < 1.29 is 28.2 Å². The molecule has 2 aromatic carbocycles. The fourth-order valence-electron chi connectivity index (χ4n) is 2.57. The summed E-state index contributed by atoms with van der Waals surface area (Å²) in [5.41, 5.74) is 0.490.